The number of hydrogen-bond donors (Lipinski definition) is 3. The molecule has 3 aromatic rings. The lowest BCUT2D eigenvalue weighted by Gasteiger charge is -2.35. The average molecular weight is 480 g/mol. The third-order valence-corrected chi connectivity index (χ3v) is 6.50. The van der Waals surface area contributed by atoms with E-state index in [-0.39, 0.29) is 18.5 Å². The maximum absolute atomic E-state index is 13.4. The van der Waals surface area contributed by atoms with Crippen LogP contribution in [0.3, 0.4) is 0 Å². The van der Waals surface area contributed by atoms with E-state index in [1.807, 2.05) is 11.0 Å². The number of hydrogen-bond acceptors (Lipinski definition) is 7. The second-order valence-electron chi connectivity index (χ2n) is 7.56. The van der Waals surface area contributed by atoms with Crippen LogP contribution in [-0.4, -0.2) is 70.0 Å². The first-order valence-corrected chi connectivity index (χ1v) is 11.4. The number of aryl methyl sites for hydroxylation is 1. The lowest BCUT2D eigenvalue weighted by molar-refractivity contribution is 0.0885. The largest absolute Gasteiger partial charge is 0.394 e. The predicted molar refractivity (Wildman–Crippen MR) is 123 cm³/mol. The number of nitrogens with zero attached hydrogens (tertiary/aromatic N) is 4. The van der Waals surface area contributed by atoms with Crippen LogP contribution in [-0.2, 0) is 6.42 Å². The summed E-state index contributed by atoms with van der Waals surface area (Å²) < 4.78 is 14.0. The summed E-state index contributed by atoms with van der Waals surface area (Å²) >= 11 is 7.66. The molecular weight excluding hydrogens is 457 g/mol. The summed E-state index contributed by atoms with van der Waals surface area (Å²) in [6.07, 6.45) is 1.98. The van der Waals surface area contributed by atoms with E-state index >= 15 is 0 Å². The number of amides is 2. The molecule has 0 spiro atoms. The van der Waals surface area contributed by atoms with Crippen LogP contribution in [0.5, 0.6) is 0 Å². The summed E-state index contributed by atoms with van der Waals surface area (Å²) in [6, 6.07) is 5.91. The fourth-order valence-electron chi connectivity index (χ4n) is 3.51. The SMILES string of the molecule is O=C(Nc1nc2ccc(F)cc2s1)N1CCN(c2ncc(CC[C@H](O)CO)cc2Cl)CC1. The number of aliphatic hydroxyl groups excluding tert-OH is 2. The average Bonchev–Trinajstić information content (AvgIpc) is 3.18. The van der Waals surface area contributed by atoms with Crippen molar-refractivity contribution < 1.29 is 19.4 Å². The van der Waals surface area contributed by atoms with Crippen molar-refractivity contribution in [2.24, 2.45) is 0 Å². The van der Waals surface area contributed by atoms with Crippen molar-refractivity contribution in [2.75, 3.05) is 43.0 Å². The van der Waals surface area contributed by atoms with Crippen molar-refractivity contribution in [2.45, 2.75) is 18.9 Å². The molecule has 4 rings (SSSR count). The second-order valence-corrected chi connectivity index (χ2v) is 9.00. The number of fused-ring (bicyclic) bond motifs is 1. The Kier molecular flexibility index (Phi) is 7.04. The number of nitrogens with one attached hydrogen (secondary N) is 1. The molecule has 11 heteroatoms. The number of carbonyl (C=O) groups is 1. The van der Waals surface area contributed by atoms with Gasteiger partial charge in [-0.1, -0.05) is 22.9 Å². The molecule has 1 aliphatic rings. The minimum atomic E-state index is -0.753. The van der Waals surface area contributed by atoms with Gasteiger partial charge in [0.1, 0.15) is 11.6 Å². The van der Waals surface area contributed by atoms with Crippen LogP contribution < -0.4 is 10.2 Å². The lowest BCUT2D eigenvalue weighted by Crippen LogP contribution is -2.50. The minimum Gasteiger partial charge on any atom is -0.394 e. The Hall–Kier alpha value is -2.53. The summed E-state index contributed by atoms with van der Waals surface area (Å²) in [5.74, 6) is 0.324. The minimum absolute atomic E-state index is 0.249. The van der Waals surface area contributed by atoms with Crippen molar-refractivity contribution in [3.63, 3.8) is 0 Å². The lowest BCUT2D eigenvalue weighted by atomic mass is 10.1. The van der Waals surface area contributed by atoms with E-state index in [4.69, 9.17) is 16.7 Å². The molecule has 2 amide bonds. The van der Waals surface area contributed by atoms with E-state index in [1.54, 1.807) is 17.2 Å². The Labute approximate surface area is 193 Å². The van der Waals surface area contributed by atoms with Gasteiger partial charge in [0, 0.05) is 32.4 Å². The number of halogens is 2. The van der Waals surface area contributed by atoms with Gasteiger partial charge >= 0.3 is 6.03 Å². The zero-order chi connectivity index (χ0) is 22.7. The highest BCUT2D eigenvalue weighted by molar-refractivity contribution is 7.22. The van der Waals surface area contributed by atoms with Crippen LogP contribution in [0, 0.1) is 5.82 Å². The summed E-state index contributed by atoms with van der Waals surface area (Å²) in [5, 5.41) is 22.2. The molecule has 0 bridgehead atoms. The monoisotopic (exact) mass is 479 g/mol. The summed E-state index contributed by atoms with van der Waals surface area (Å²) in [7, 11) is 0. The molecule has 32 heavy (non-hydrogen) atoms. The Bertz CT molecular complexity index is 1110. The van der Waals surface area contributed by atoms with Gasteiger partial charge in [-0.3, -0.25) is 5.32 Å². The van der Waals surface area contributed by atoms with Gasteiger partial charge in [-0.2, -0.15) is 0 Å². The van der Waals surface area contributed by atoms with Crippen LogP contribution in [0.15, 0.2) is 30.5 Å². The van der Waals surface area contributed by atoms with Crippen LogP contribution in [0.2, 0.25) is 5.02 Å². The molecule has 1 aliphatic heterocycles. The fourth-order valence-corrected chi connectivity index (χ4v) is 4.70. The Morgan fingerprint density at radius 2 is 2.06 bits per heavy atom. The molecule has 0 unspecified atom stereocenters. The van der Waals surface area contributed by atoms with Crippen LogP contribution >= 0.6 is 22.9 Å². The Balaban J connectivity index is 1.32. The molecule has 0 aliphatic carbocycles. The zero-order valence-corrected chi connectivity index (χ0v) is 18.7. The Morgan fingerprint density at radius 1 is 1.28 bits per heavy atom. The second kappa shape index (κ2) is 9.95. The highest BCUT2D eigenvalue weighted by atomic mass is 35.5. The molecule has 0 radical (unpaired) electrons. The van der Waals surface area contributed by atoms with Gasteiger partial charge in [-0.15, -0.1) is 0 Å². The Morgan fingerprint density at radius 3 is 2.78 bits per heavy atom. The first kappa shape index (κ1) is 22.7. The topological polar surface area (TPSA) is 102 Å². The summed E-state index contributed by atoms with van der Waals surface area (Å²) in [4.78, 5) is 25.1. The van der Waals surface area contributed by atoms with Gasteiger partial charge in [0.2, 0.25) is 0 Å². The number of rotatable bonds is 6. The van der Waals surface area contributed by atoms with Crippen molar-refractivity contribution >= 4 is 50.1 Å². The van der Waals surface area contributed by atoms with Crippen molar-refractivity contribution in [1.82, 2.24) is 14.9 Å². The maximum Gasteiger partial charge on any atom is 0.323 e. The van der Waals surface area contributed by atoms with Gasteiger partial charge in [0.25, 0.3) is 0 Å². The number of piperazine rings is 1. The number of aromatic nitrogens is 2. The molecule has 1 fully saturated rings. The predicted octanol–water partition coefficient (Wildman–Crippen LogP) is 3.12. The smallest absolute Gasteiger partial charge is 0.323 e. The summed E-state index contributed by atoms with van der Waals surface area (Å²) in [6.45, 7) is 1.87. The first-order valence-electron chi connectivity index (χ1n) is 10.2. The zero-order valence-electron chi connectivity index (χ0n) is 17.2. The molecule has 2 aromatic heterocycles. The molecule has 1 atom stereocenters. The van der Waals surface area contributed by atoms with Crippen molar-refractivity contribution in [3.8, 4) is 0 Å². The molecule has 8 nitrogen and oxygen atoms in total. The van der Waals surface area contributed by atoms with E-state index in [9.17, 15) is 14.3 Å². The number of thiazole rings is 1. The van der Waals surface area contributed by atoms with Crippen LogP contribution in [0.4, 0.5) is 20.1 Å². The number of anilines is 2. The molecule has 3 N–H and O–H groups in total. The molecular formula is C21H23ClFN5O3S. The standard InChI is InChI=1S/C21H23ClFN5O3S/c22-16-9-13(1-3-15(30)12-29)11-24-19(16)27-5-7-28(8-6-27)21(31)26-20-25-17-4-2-14(23)10-18(17)32-20/h2,4,9-11,15,29-30H,1,3,5-8,12H2,(H,25,26,31)/t15-/m0/s1. The molecule has 1 aromatic carbocycles. The molecule has 3 heterocycles. The van der Waals surface area contributed by atoms with E-state index in [1.165, 1.54) is 23.5 Å². The number of aliphatic hydroxyl groups is 2. The van der Waals surface area contributed by atoms with E-state index in [2.05, 4.69) is 15.3 Å². The van der Waals surface area contributed by atoms with E-state index in [0.717, 1.165) is 5.56 Å². The highest BCUT2D eigenvalue weighted by Crippen LogP contribution is 2.28. The van der Waals surface area contributed by atoms with Crippen LogP contribution in [0.25, 0.3) is 10.2 Å². The van der Waals surface area contributed by atoms with Gasteiger partial charge in [-0.25, -0.2) is 19.2 Å². The van der Waals surface area contributed by atoms with E-state index in [0.29, 0.717) is 65.2 Å². The highest BCUT2D eigenvalue weighted by Gasteiger charge is 2.24. The van der Waals surface area contributed by atoms with Gasteiger partial charge in [0.15, 0.2) is 5.13 Å². The van der Waals surface area contributed by atoms with E-state index < -0.39 is 6.10 Å². The normalized spacial score (nSPS) is 15.2. The van der Waals surface area contributed by atoms with Gasteiger partial charge in [0.05, 0.1) is 28.0 Å². The number of pyridine rings is 1. The maximum atomic E-state index is 13.4. The van der Waals surface area contributed by atoms with Crippen molar-refractivity contribution in [1.29, 1.82) is 0 Å². The third-order valence-electron chi connectivity index (χ3n) is 5.29. The van der Waals surface area contributed by atoms with Crippen molar-refractivity contribution in [3.05, 3.63) is 46.9 Å². The number of carbonyl (C=O) groups excluding carboxylic acids is 1. The molecule has 0 saturated carbocycles. The number of benzene rings is 1. The van der Waals surface area contributed by atoms with Gasteiger partial charge < -0.3 is 20.0 Å². The van der Waals surface area contributed by atoms with Gasteiger partial charge in [-0.05, 0) is 42.7 Å². The molecule has 170 valence electrons. The first-order chi connectivity index (χ1) is 15.4. The number of urea groups is 1. The quantitative estimate of drug-likeness (QED) is 0.502. The fraction of sp³-hybridized carbons (Fsp3) is 0.381. The molecule has 1 saturated heterocycles. The van der Waals surface area contributed by atoms with Crippen LogP contribution in [0.1, 0.15) is 12.0 Å². The third kappa shape index (κ3) is 5.26. The summed E-state index contributed by atoms with van der Waals surface area (Å²) in [5.41, 5.74) is 1.53.